The van der Waals surface area contributed by atoms with Gasteiger partial charge in [0.25, 0.3) is 0 Å². The lowest BCUT2D eigenvalue weighted by Crippen LogP contribution is -2.44. The lowest BCUT2D eigenvalue weighted by Gasteiger charge is -2.41. The van der Waals surface area contributed by atoms with Crippen LogP contribution in [-0.2, 0) is 0 Å². The quantitative estimate of drug-likeness (QED) is 0.128. The maximum Gasteiger partial charge on any atom is 0.0706 e. The highest BCUT2D eigenvalue weighted by Crippen LogP contribution is 2.47. The van der Waals surface area contributed by atoms with Crippen LogP contribution < -0.4 is 14.7 Å². The van der Waals surface area contributed by atoms with Crippen LogP contribution in [0, 0.1) is 5.92 Å². The Bertz CT molecular complexity index is 3080. The molecule has 318 valence electrons. The van der Waals surface area contributed by atoms with E-state index in [2.05, 4.69) is 289 Å². The molecule has 0 spiro atoms. The van der Waals surface area contributed by atoms with Gasteiger partial charge in [-0.15, -0.1) is 0 Å². The van der Waals surface area contributed by atoms with Crippen LogP contribution in [0.1, 0.15) is 30.4 Å². The maximum atomic E-state index is 2.40. The fourth-order valence-corrected chi connectivity index (χ4v) is 9.99. The minimum Gasteiger partial charge on any atom is -0.338 e. The van der Waals surface area contributed by atoms with Crippen LogP contribution in [0.15, 0.2) is 273 Å². The number of anilines is 6. The van der Waals surface area contributed by atoms with Crippen LogP contribution in [0.25, 0.3) is 27.8 Å². The van der Waals surface area contributed by atoms with Crippen molar-refractivity contribution in [2.45, 2.75) is 24.8 Å². The molecule has 0 radical (unpaired) electrons. The predicted molar refractivity (Wildman–Crippen MR) is 279 cm³/mol. The highest BCUT2D eigenvalue weighted by molar-refractivity contribution is 5.82. The van der Waals surface area contributed by atoms with E-state index in [1.165, 1.54) is 50.3 Å². The van der Waals surface area contributed by atoms with Gasteiger partial charge in [-0.1, -0.05) is 182 Å². The third kappa shape index (κ3) is 7.90. The number of allylic oxidation sites excluding steroid dienone is 5. The van der Waals surface area contributed by atoms with Crippen molar-refractivity contribution in [1.29, 1.82) is 0 Å². The molecular weight excluding hydrogens is 799 g/mol. The second-order valence-electron chi connectivity index (χ2n) is 17.5. The molecule has 0 saturated carbocycles. The highest BCUT2D eigenvalue weighted by atomic mass is 15.2. The van der Waals surface area contributed by atoms with Gasteiger partial charge >= 0.3 is 0 Å². The number of para-hydroxylation sites is 3. The van der Waals surface area contributed by atoms with Gasteiger partial charge in [0, 0.05) is 57.9 Å². The lowest BCUT2D eigenvalue weighted by atomic mass is 9.75. The van der Waals surface area contributed by atoms with Gasteiger partial charge in [-0.3, -0.25) is 0 Å². The number of nitrogens with zero attached hydrogens (tertiary/aromatic N) is 3. The van der Waals surface area contributed by atoms with Crippen LogP contribution in [0.3, 0.4) is 0 Å². The summed E-state index contributed by atoms with van der Waals surface area (Å²) < 4.78 is 0. The van der Waals surface area contributed by atoms with Gasteiger partial charge in [-0.05, 0) is 131 Å². The molecule has 66 heavy (non-hydrogen) atoms. The SMILES string of the molecule is CC12C=CC=C(c3ccc(N(c4ccccc4)c4ccc(-c5ccc(-c6ccc(N(C7=CCC(c8ccccc8)C=C7)c7ccccc7)cc6)cc5)cc4)cc3)C1C=CN2c1ccccc1. The summed E-state index contributed by atoms with van der Waals surface area (Å²) in [4.78, 5) is 7.10. The molecule has 1 aliphatic heterocycles. The van der Waals surface area contributed by atoms with Gasteiger partial charge in [-0.25, -0.2) is 0 Å². The van der Waals surface area contributed by atoms with Crippen LogP contribution in [-0.4, -0.2) is 5.54 Å². The third-order valence-electron chi connectivity index (χ3n) is 13.5. The first-order valence-corrected chi connectivity index (χ1v) is 23.1. The summed E-state index contributed by atoms with van der Waals surface area (Å²) in [5.41, 5.74) is 16.5. The Kier molecular flexibility index (Phi) is 11.0. The molecule has 1 heterocycles. The first kappa shape index (κ1) is 40.6. The number of fused-ring (bicyclic) bond motifs is 1. The standard InChI is InChI=1S/C63H51N3/c1-63-45-14-23-61(62(63)44-46-64(63)54-17-8-3-9-18-54)53-34-42-60(43-35-53)66(56-21-12-5-13-22-56)59-40-32-52(33-41-59)49-26-24-48(25-27-49)51-30-38-58(39-31-51)65(55-19-10-4-11-20-55)57-36-28-50(29-37-57)47-15-6-2-7-16-47/h2-28,30-46,50,62H,29H2,1H3. The average Bonchev–Trinajstić information content (AvgIpc) is 3.76. The Morgan fingerprint density at radius 3 is 1.41 bits per heavy atom. The molecule has 3 atom stereocenters. The van der Waals surface area contributed by atoms with Crippen molar-refractivity contribution in [3.05, 3.63) is 284 Å². The summed E-state index contributed by atoms with van der Waals surface area (Å²) in [5.74, 6) is 0.634. The molecule has 0 bridgehead atoms. The van der Waals surface area contributed by atoms with Gasteiger partial charge in [0.05, 0.1) is 5.54 Å². The molecular formula is C63H51N3. The van der Waals surface area contributed by atoms with E-state index in [1.54, 1.807) is 0 Å². The van der Waals surface area contributed by atoms with Gasteiger partial charge in [0.2, 0.25) is 0 Å². The van der Waals surface area contributed by atoms with Crippen molar-refractivity contribution in [1.82, 2.24) is 0 Å². The molecule has 0 fully saturated rings. The van der Waals surface area contributed by atoms with E-state index in [9.17, 15) is 0 Å². The van der Waals surface area contributed by atoms with E-state index in [-0.39, 0.29) is 11.5 Å². The van der Waals surface area contributed by atoms with Gasteiger partial charge in [-0.2, -0.15) is 0 Å². The molecule has 8 aromatic rings. The Morgan fingerprint density at radius 2 is 0.894 bits per heavy atom. The molecule has 0 aromatic heterocycles. The minimum atomic E-state index is -0.168. The van der Waals surface area contributed by atoms with Gasteiger partial charge in [0.1, 0.15) is 0 Å². The van der Waals surface area contributed by atoms with Crippen LogP contribution in [0.5, 0.6) is 0 Å². The number of hydrogen-bond donors (Lipinski definition) is 0. The minimum absolute atomic E-state index is 0.168. The van der Waals surface area contributed by atoms with Crippen molar-refractivity contribution >= 4 is 39.7 Å². The van der Waals surface area contributed by atoms with Crippen molar-refractivity contribution in [3.63, 3.8) is 0 Å². The summed E-state index contributed by atoms with van der Waals surface area (Å²) in [6, 6.07) is 78.7. The zero-order chi connectivity index (χ0) is 44.3. The van der Waals surface area contributed by atoms with Crippen LogP contribution >= 0.6 is 0 Å². The monoisotopic (exact) mass is 849 g/mol. The molecule has 0 amide bonds. The van der Waals surface area contributed by atoms with E-state index >= 15 is 0 Å². The number of hydrogen-bond acceptors (Lipinski definition) is 3. The fourth-order valence-electron chi connectivity index (χ4n) is 9.99. The van der Waals surface area contributed by atoms with Crippen molar-refractivity contribution in [2.75, 3.05) is 14.7 Å². The molecule has 3 aliphatic rings. The van der Waals surface area contributed by atoms with Crippen molar-refractivity contribution < 1.29 is 0 Å². The summed E-state index contributed by atoms with van der Waals surface area (Å²) >= 11 is 0. The highest BCUT2D eigenvalue weighted by Gasteiger charge is 2.43. The molecule has 2 aliphatic carbocycles. The van der Waals surface area contributed by atoms with Gasteiger partial charge < -0.3 is 14.7 Å². The predicted octanol–water partition coefficient (Wildman–Crippen LogP) is 16.6. The second kappa shape index (κ2) is 17.8. The zero-order valence-electron chi connectivity index (χ0n) is 37.1. The first-order valence-electron chi connectivity index (χ1n) is 23.1. The Labute approximate surface area is 389 Å². The van der Waals surface area contributed by atoms with E-state index in [0.717, 1.165) is 34.9 Å². The number of rotatable bonds is 11. The molecule has 11 rings (SSSR count). The van der Waals surface area contributed by atoms with E-state index in [1.807, 2.05) is 0 Å². The van der Waals surface area contributed by atoms with Crippen LogP contribution in [0.2, 0.25) is 0 Å². The summed E-state index contributed by atoms with van der Waals surface area (Å²) in [6.45, 7) is 2.34. The summed E-state index contributed by atoms with van der Waals surface area (Å²) in [7, 11) is 0. The molecule has 3 heteroatoms. The second-order valence-corrected chi connectivity index (χ2v) is 17.5. The molecule has 3 nitrogen and oxygen atoms in total. The normalized spacial score (nSPS) is 18.3. The third-order valence-corrected chi connectivity index (χ3v) is 13.5. The van der Waals surface area contributed by atoms with Crippen LogP contribution in [0.4, 0.5) is 34.1 Å². The maximum absolute atomic E-state index is 2.40. The fraction of sp³-hybridized carbons (Fsp3) is 0.0794. The molecule has 3 unspecified atom stereocenters. The van der Waals surface area contributed by atoms with E-state index in [0.29, 0.717) is 5.92 Å². The van der Waals surface area contributed by atoms with E-state index < -0.39 is 0 Å². The lowest BCUT2D eigenvalue weighted by molar-refractivity contribution is 0.520. The van der Waals surface area contributed by atoms with Gasteiger partial charge in [0.15, 0.2) is 0 Å². The summed E-state index contributed by atoms with van der Waals surface area (Å²) in [5, 5.41) is 0. The Morgan fingerprint density at radius 1 is 0.455 bits per heavy atom. The smallest absolute Gasteiger partial charge is 0.0706 e. The largest absolute Gasteiger partial charge is 0.338 e. The Balaban J connectivity index is 0.807. The van der Waals surface area contributed by atoms with E-state index in [4.69, 9.17) is 0 Å². The molecule has 0 saturated heterocycles. The topological polar surface area (TPSA) is 9.72 Å². The Hall–Kier alpha value is -8.14. The molecule has 0 N–H and O–H groups in total. The summed E-state index contributed by atoms with van der Waals surface area (Å²) in [6.07, 6.45) is 19.4. The number of benzene rings is 8. The van der Waals surface area contributed by atoms with Crippen molar-refractivity contribution in [3.8, 4) is 22.3 Å². The average molecular weight is 850 g/mol. The zero-order valence-corrected chi connectivity index (χ0v) is 37.1. The first-order chi connectivity index (χ1) is 32.6. The van der Waals surface area contributed by atoms with Crippen molar-refractivity contribution in [2.24, 2.45) is 5.92 Å². The molecule has 8 aromatic carbocycles.